The fraction of sp³-hybridized carbons (Fsp3) is 0.133. The predicted molar refractivity (Wildman–Crippen MR) is 93.3 cm³/mol. The Hall–Kier alpha value is -2.53. The van der Waals surface area contributed by atoms with Crippen LogP contribution in [0.1, 0.15) is 16.1 Å². The van der Waals surface area contributed by atoms with E-state index < -0.39 is 17.8 Å². The van der Waals surface area contributed by atoms with Crippen LogP contribution in [0.2, 0.25) is 0 Å². The molecular weight excluding hydrogens is 387 g/mol. The van der Waals surface area contributed by atoms with Gasteiger partial charge in [-0.15, -0.1) is 11.3 Å². The first kappa shape index (κ1) is 18.3. The molecule has 3 rings (SSSR count). The summed E-state index contributed by atoms with van der Waals surface area (Å²) in [6, 6.07) is 6.73. The van der Waals surface area contributed by atoms with Gasteiger partial charge in [0, 0.05) is 17.3 Å². The molecule has 2 aromatic heterocycles. The fourth-order valence-corrected chi connectivity index (χ4v) is 3.67. The fourth-order valence-electron chi connectivity index (χ4n) is 1.98. The lowest BCUT2D eigenvalue weighted by molar-refractivity contribution is -0.140. The number of hydrogen-bond acceptors (Lipinski definition) is 6. The van der Waals surface area contributed by atoms with Crippen molar-refractivity contribution in [2.45, 2.75) is 16.1 Å². The number of rotatable bonds is 4. The Morgan fingerprint density at radius 3 is 2.69 bits per heavy atom. The zero-order valence-corrected chi connectivity index (χ0v) is 14.9. The average Bonchev–Trinajstić information content (AvgIpc) is 3.17. The lowest BCUT2D eigenvalue weighted by Gasteiger charge is -2.09. The minimum absolute atomic E-state index is 0.119. The smallest absolute Gasteiger partial charge is 0.369 e. The van der Waals surface area contributed by atoms with Gasteiger partial charge in [-0.05, 0) is 12.1 Å². The van der Waals surface area contributed by atoms with Gasteiger partial charge in [0.05, 0.1) is 11.8 Å². The summed E-state index contributed by atoms with van der Waals surface area (Å²) in [5.74, 6) is -0.219. The van der Waals surface area contributed by atoms with Crippen molar-refractivity contribution in [3.05, 3.63) is 47.1 Å². The van der Waals surface area contributed by atoms with E-state index in [2.05, 4.69) is 15.3 Å². The molecule has 136 valence electrons. The topological polar surface area (TPSA) is 85.8 Å². The molecule has 0 fully saturated rings. The number of hydrogen-bond donors (Lipinski definition) is 2. The van der Waals surface area contributed by atoms with E-state index in [9.17, 15) is 18.0 Å². The molecule has 2 heterocycles. The third-order valence-corrected chi connectivity index (χ3v) is 5.26. The van der Waals surface area contributed by atoms with Crippen LogP contribution in [0.3, 0.4) is 0 Å². The second-order valence-electron chi connectivity index (χ2n) is 5.10. The Balaban J connectivity index is 1.82. The van der Waals surface area contributed by atoms with Gasteiger partial charge in [-0.25, -0.2) is 9.97 Å². The number of carbonyl (C=O) groups excluding carboxylic acids is 1. The van der Waals surface area contributed by atoms with Gasteiger partial charge < -0.3 is 10.3 Å². The van der Waals surface area contributed by atoms with Crippen molar-refractivity contribution in [3.63, 3.8) is 0 Å². The van der Waals surface area contributed by atoms with E-state index in [-0.39, 0.29) is 5.13 Å². The number of nitrogens with one attached hydrogen (secondary N) is 1. The first-order valence-electron chi connectivity index (χ1n) is 7.14. The minimum atomic E-state index is -4.55. The molecule has 0 radical (unpaired) electrons. The molecule has 0 unspecified atom stereocenters. The van der Waals surface area contributed by atoms with E-state index in [1.165, 1.54) is 11.8 Å². The molecule has 11 heteroatoms. The quantitative estimate of drug-likeness (QED) is 0.695. The number of alkyl halides is 3. The van der Waals surface area contributed by atoms with Crippen molar-refractivity contribution in [3.8, 4) is 0 Å². The number of nitrogen functional groups attached to an aromatic ring is 1. The summed E-state index contributed by atoms with van der Waals surface area (Å²) in [6.45, 7) is 0. The molecule has 0 aliphatic carbocycles. The van der Waals surface area contributed by atoms with Crippen LogP contribution in [-0.4, -0.2) is 20.4 Å². The molecule has 0 saturated heterocycles. The standard InChI is InChI=1S/C15H12F3N5OS2/c1-23-11(6-20-13(23)19)26-9-5-3-2-4-8(9)12(24)22-14-21-10(7-25-14)15(16,17)18/h2-7H,1H3,(H2,19,20)(H,21,22,24). The van der Waals surface area contributed by atoms with Crippen molar-refractivity contribution in [1.82, 2.24) is 14.5 Å². The van der Waals surface area contributed by atoms with Gasteiger partial charge in [0.2, 0.25) is 5.95 Å². The van der Waals surface area contributed by atoms with E-state index in [1.807, 2.05) is 0 Å². The van der Waals surface area contributed by atoms with Gasteiger partial charge in [0.25, 0.3) is 5.91 Å². The normalized spacial score (nSPS) is 11.5. The summed E-state index contributed by atoms with van der Waals surface area (Å²) in [7, 11) is 1.74. The summed E-state index contributed by atoms with van der Waals surface area (Å²) in [6.07, 6.45) is -2.97. The maximum atomic E-state index is 12.6. The van der Waals surface area contributed by atoms with Crippen LogP contribution in [0.5, 0.6) is 0 Å². The first-order valence-corrected chi connectivity index (χ1v) is 8.83. The number of imidazole rings is 1. The second-order valence-corrected chi connectivity index (χ2v) is 7.02. The number of amides is 1. The summed E-state index contributed by atoms with van der Waals surface area (Å²) in [4.78, 5) is 20.5. The SMILES string of the molecule is Cn1c(Sc2ccccc2C(=O)Nc2nc(C(F)(F)F)cs2)cnc1N. The molecule has 0 aliphatic rings. The van der Waals surface area contributed by atoms with E-state index in [0.29, 0.717) is 27.7 Å². The summed E-state index contributed by atoms with van der Waals surface area (Å²) < 4.78 is 39.5. The van der Waals surface area contributed by atoms with Crippen LogP contribution in [0.15, 0.2) is 45.8 Å². The van der Waals surface area contributed by atoms with Crippen molar-refractivity contribution >= 4 is 40.1 Å². The van der Waals surface area contributed by atoms with Gasteiger partial charge >= 0.3 is 6.18 Å². The number of anilines is 2. The Kier molecular flexibility index (Phi) is 4.92. The van der Waals surface area contributed by atoms with E-state index >= 15 is 0 Å². The highest BCUT2D eigenvalue weighted by Gasteiger charge is 2.34. The molecule has 26 heavy (non-hydrogen) atoms. The van der Waals surface area contributed by atoms with Crippen LogP contribution >= 0.6 is 23.1 Å². The molecule has 1 aromatic carbocycles. The third-order valence-electron chi connectivity index (χ3n) is 3.34. The van der Waals surface area contributed by atoms with Crippen LogP contribution in [-0.2, 0) is 13.2 Å². The van der Waals surface area contributed by atoms with E-state index in [0.717, 1.165) is 10.4 Å². The van der Waals surface area contributed by atoms with Crippen LogP contribution in [0.25, 0.3) is 0 Å². The van der Waals surface area contributed by atoms with Gasteiger partial charge in [-0.2, -0.15) is 13.2 Å². The van der Waals surface area contributed by atoms with Crippen molar-refractivity contribution < 1.29 is 18.0 Å². The number of benzene rings is 1. The van der Waals surface area contributed by atoms with E-state index in [4.69, 9.17) is 5.73 Å². The van der Waals surface area contributed by atoms with Crippen LogP contribution < -0.4 is 11.1 Å². The lowest BCUT2D eigenvalue weighted by atomic mass is 10.2. The molecule has 0 aliphatic heterocycles. The highest BCUT2D eigenvalue weighted by Crippen LogP contribution is 2.33. The highest BCUT2D eigenvalue weighted by atomic mass is 32.2. The number of halogens is 3. The molecule has 6 nitrogen and oxygen atoms in total. The molecule has 0 bridgehead atoms. The molecule has 3 aromatic rings. The average molecular weight is 399 g/mol. The Morgan fingerprint density at radius 2 is 2.08 bits per heavy atom. The maximum absolute atomic E-state index is 12.6. The number of nitrogens with two attached hydrogens (primary N) is 1. The van der Waals surface area contributed by atoms with Crippen LogP contribution in [0.4, 0.5) is 24.3 Å². The zero-order chi connectivity index (χ0) is 18.9. The monoisotopic (exact) mass is 399 g/mol. The Labute approximate surface area is 154 Å². The Bertz CT molecular complexity index is 951. The molecular formula is C15H12F3N5OS2. The Morgan fingerprint density at radius 1 is 1.35 bits per heavy atom. The molecule has 0 spiro atoms. The van der Waals surface area contributed by atoms with E-state index in [1.54, 1.807) is 42.1 Å². The first-order chi connectivity index (χ1) is 12.3. The van der Waals surface area contributed by atoms with Gasteiger partial charge in [0.15, 0.2) is 10.8 Å². The second kappa shape index (κ2) is 7.00. The van der Waals surface area contributed by atoms with Crippen molar-refractivity contribution in [2.24, 2.45) is 7.05 Å². The predicted octanol–water partition coefficient (Wildman–Crippen LogP) is 3.88. The lowest BCUT2D eigenvalue weighted by Crippen LogP contribution is -2.13. The van der Waals surface area contributed by atoms with Crippen molar-refractivity contribution in [2.75, 3.05) is 11.1 Å². The minimum Gasteiger partial charge on any atom is -0.369 e. The summed E-state index contributed by atoms with van der Waals surface area (Å²) >= 11 is 1.99. The third kappa shape index (κ3) is 3.83. The molecule has 1 amide bonds. The summed E-state index contributed by atoms with van der Waals surface area (Å²) in [5, 5.41) is 3.86. The maximum Gasteiger partial charge on any atom is 0.434 e. The number of nitrogens with zero attached hydrogens (tertiary/aromatic N) is 3. The number of thiazole rings is 1. The highest BCUT2D eigenvalue weighted by molar-refractivity contribution is 7.99. The van der Waals surface area contributed by atoms with Crippen molar-refractivity contribution in [1.29, 1.82) is 0 Å². The molecule has 3 N–H and O–H groups in total. The molecule has 0 atom stereocenters. The number of carbonyl (C=O) groups is 1. The number of aromatic nitrogens is 3. The largest absolute Gasteiger partial charge is 0.434 e. The molecule has 0 saturated carbocycles. The van der Waals surface area contributed by atoms with Gasteiger partial charge in [0.1, 0.15) is 5.03 Å². The zero-order valence-electron chi connectivity index (χ0n) is 13.2. The summed E-state index contributed by atoms with van der Waals surface area (Å²) in [5.41, 5.74) is 4.96. The van der Waals surface area contributed by atoms with Crippen LogP contribution in [0, 0.1) is 0 Å². The van der Waals surface area contributed by atoms with Gasteiger partial charge in [-0.3, -0.25) is 10.1 Å². The van der Waals surface area contributed by atoms with Gasteiger partial charge in [-0.1, -0.05) is 23.9 Å².